The number of carbonyl (C=O) groups excluding carboxylic acids is 2. The molecule has 3 aliphatic rings. The van der Waals surface area contributed by atoms with Gasteiger partial charge in [0.15, 0.2) is 0 Å². The zero-order chi connectivity index (χ0) is 18.9. The van der Waals surface area contributed by atoms with Gasteiger partial charge < -0.3 is 15.3 Å². The molecule has 13 heteroatoms. The van der Waals surface area contributed by atoms with E-state index in [2.05, 4.69) is 15.1 Å². The van der Waals surface area contributed by atoms with Crippen molar-refractivity contribution in [3.8, 4) is 0 Å². The lowest BCUT2D eigenvalue weighted by Gasteiger charge is -2.29. The number of piperidine rings is 1. The van der Waals surface area contributed by atoms with Crippen LogP contribution in [-0.2, 0) is 24.3 Å². The van der Waals surface area contributed by atoms with Crippen LogP contribution in [0.5, 0.6) is 0 Å². The molecule has 12 nitrogen and oxygen atoms in total. The summed E-state index contributed by atoms with van der Waals surface area (Å²) in [6.45, 7) is 1.13. The molecule has 3 fully saturated rings. The van der Waals surface area contributed by atoms with Crippen LogP contribution in [0, 0.1) is 5.92 Å². The predicted molar refractivity (Wildman–Crippen MR) is 84.5 cm³/mol. The highest BCUT2D eigenvalue weighted by molar-refractivity contribution is 7.80. The van der Waals surface area contributed by atoms with E-state index in [0.29, 0.717) is 24.4 Å². The van der Waals surface area contributed by atoms with Gasteiger partial charge >= 0.3 is 16.4 Å². The molecule has 0 aromatic heterocycles. The van der Waals surface area contributed by atoms with Crippen LogP contribution in [0.3, 0.4) is 0 Å². The van der Waals surface area contributed by atoms with E-state index in [1.165, 1.54) is 4.90 Å². The summed E-state index contributed by atoms with van der Waals surface area (Å²) in [5, 5.41) is 12.8. The molecule has 26 heavy (non-hydrogen) atoms. The number of aliphatic hydroxyl groups is 1. The van der Waals surface area contributed by atoms with E-state index in [0.717, 1.165) is 6.42 Å². The van der Waals surface area contributed by atoms with Gasteiger partial charge in [-0.3, -0.25) is 14.2 Å². The molecule has 0 unspecified atom stereocenters. The van der Waals surface area contributed by atoms with Gasteiger partial charge in [0, 0.05) is 25.7 Å². The minimum absolute atomic E-state index is 0.0234. The van der Waals surface area contributed by atoms with Gasteiger partial charge in [0.1, 0.15) is 6.04 Å². The van der Waals surface area contributed by atoms with Gasteiger partial charge in [-0.1, -0.05) is 0 Å². The monoisotopic (exact) mass is 394 g/mol. The summed E-state index contributed by atoms with van der Waals surface area (Å²) >= 11 is 0. The second-order valence-electron chi connectivity index (χ2n) is 6.68. The van der Waals surface area contributed by atoms with E-state index in [1.807, 2.05) is 0 Å². The van der Waals surface area contributed by atoms with Crippen LogP contribution in [0.4, 0.5) is 4.79 Å². The van der Waals surface area contributed by atoms with Crippen molar-refractivity contribution in [1.82, 2.24) is 20.8 Å². The van der Waals surface area contributed by atoms with Crippen LogP contribution >= 0.6 is 0 Å². The number of hydrogen-bond acceptors (Lipinski definition) is 8. The van der Waals surface area contributed by atoms with E-state index >= 15 is 0 Å². The number of fused-ring (bicyclic) bond motifs is 2. The molecule has 148 valence electrons. The molecule has 0 spiro atoms. The van der Waals surface area contributed by atoms with E-state index in [9.17, 15) is 18.0 Å². The first-order valence-electron chi connectivity index (χ1n) is 8.31. The van der Waals surface area contributed by atoms with Crippen molar-refractivity contribution in [2.45, 2.75) is 37.4 Å². The minimum Gasteiger partial charge on any atom is -0.396 e. The molecule has 0 radical (unpaired) electrons. The Hall–Kier alpha value is -1.51. The first kappa shape index (κ1) is 19.3. The number of nitrogens with zero attached hydrogens (tertiary/aromatic N) is 2. The topological polar surface area (TPSA) is 158 Å². The van der Waals surface area contributed by atoms with Crippen LogP contribution in [0.25, 0.3) is 0 Å². The lowest BCUT2D eigenvalue weighted by atomic mass is 10.0. The first-order valence-corrected chi connectivity index (χ1v) is 9.67. The van der Waals surface area contributed by atoms with E-state index in [-0.39, 0.29) is 31.7 Å². The summed E-state index contributed by atoms with van der Waals surface area (Å²) in [5.41, 5.74) is 2.32. The van der Waals surface area contributed by atoms with Gasteiger partial charge in [-0.05, 0) is 25.2 Å². The van der Waals surface area contributed by atoms with Gasteiger partial charge in [-0.2, -0.15) is 13.5 Å². The maximum Gasteiger partial charge on any atom is 0.418 e. The average molecular weight is 394 g/mol. The second kappa shape index (κ2) is 7.62. The Morgan fingerprint density at radius 1 is 1.38 bits per heavy atom. The maximum atomic E-state index is 12.3. The summed E-state index contributed by atoms with van der Waals surface area (Å²) in [5.74, 6) is -0.340. The van der Waals surface area contributed by atoms with Crippen molar-refractivity contribution in [1.29, 1.82) is 0 Å². The molecule has 3 aliphatic heterocycles. The Bertz CT molecular complexity index is 659. The first-order chi connectivity index (χ1) is 12.3. The Labute approximate surface area is 150 Å². The summed E-state index contributed by atoms with van der Waals surface area (Å²) in [4.78, 5) is 30.9. The van der Waals surface area contributed by atoms with Crippen LogP contribution in [0.2, 0.25) is 0 Å². The molecule has 2 bridgehead atoms. The average Bonchev–Trinajstić information content (AvgIpc) is 3.13. The van der Waals surface area contributed by atoms with Gasteiger partial charge in [-0.25, -0.2) is 10.3 Å². The highest BCUT2D eigenvalue weighted by Crippen LogP contribution is 2.30. The zero-order valence-electron chi connectivity index (χ0n) is 13.9. The van der Waals surface area contributed by atoms with Crippen molar-refractivity contribution < 1.29 is 36.8 Å². The largest absolute Gasteiger partial charge is 0.418 e. The highest BCUT2D eigenvalue weighted by atomic mass is 32.3. The highest BCUT2D eigenvalue weighted by Gasteiger charge is 2.49. The molecule has 0 saturated carbocycles. The van der Waals surface area contributed by atoms with E-state index < -0.39 is 34.4 Å². The van der Waals surface area contributed by atoms with E-state index in [4.69, 9.17) is 14.5 Å². The summed E-state index contributed by atoms with van der Waals surface area (Å²) in [7, 11) is -4.82. The molecule has 3 rings (SSSR count). The third-order valence-electron chi connectivity index (χ3n) is 4.83. The SMILES string of the molecule is O=C(NOC[C@H]1C[C@H](CO)CN1)[C@@H]1CC[C@@H]2CN1C(=O)N2OS(=O)(=O)O. The number of carbonyl (C=O) groups is 2. The molecule has 3 heterocycles. The Kier molecular flexibility index (Phi) is 5.64. The number of rotatable bonds is 7. The third-order valence-corrected chi connectivity index (χ3v) is 5.18. The van der Waals surface area contributed by atoms with Crippen LogP contribution in [0.1, 0.15) is 19.3 Å². The van der Waals surface area contributed by atoms with Crippen molar-refractivity contribution >= 4 is 22.3 Å². The molecule has 3 saturated heterocycles. The molecule has 3 amide bonds. The molecule has 4 atom stereocenters. The van der Waals surface area contributed by atoms with Gasteiger partial charge in [-0.15, -0.1) is 4.28 Å². The Balaban J connectivity index is 1.49. The number of urea groups is 1. The molecular formula is C13H22N4O8S. The van der Waals surface area contributed by atoms with Crippen molar-refractivity contribution in [3.63, 3.8) is 0 Å². The predicted octanol–water partition coefficient (Wildman–Crippen LogP) is -1.99. The number of amides is 3. The number of hydrogen-bond donors (Lipinski definition) is 4. The smallest absolute Gasteiger partial charge is 0.396 e. The van der Waals surface area contributed by atoms with Crippen LogP contribution in [-0.4, -0.2) is 84.4 Å². The zero-order valence-corrected chi connectivity index (χ0v) is 14.7. The van der Waals surface area contributed by atoms with Crippen molar-refractivity contribution in [2.24, 2.45) is 5.92 Å². The Morgan fingerprint density at radius 2 is 2.15 bits per heavy atom. The van der Waals surface area contributed by atoms with Gasteiger partial charge in [0.25, 0.3) is 5.91 Å². The number of nitrogens with one attached hydrogen (secondary N) is 2. The maximum absolute atomic E-state index is 12.3. The summed E-state index contributed by atoms with van der Waals surface area (Å²) < 4.78 is 34.8. The lowest BCUT2D eigenvalue weighted by molar-refractivity contribution is -0.139. The van der Waals surface area contributed by atoms with E-state index in [1.54, 1.807) is 0 Å². The van der Waals surface area contributed by atoms with Crippen LogP contribution in [0.15, 0.2) is 0 Å². The normalized spacial score (nSPS) is 31.5. The second-order valence-corrected chi connectivity index (χ2v) is 7.68. The molecule has 0 aromatic rings. The molecule has 0 aliphatic carbocycles. The van der Waals surface area contributed by atoms with Crippen molar-refractivity contribution in [3.05, 3.63) is 0 Å². The number of hydroxylamine groups is 3. The number of aliphatic hydroxyl groups excluding tert-OH is 1. The van der Waals surface area contributed by atoms with Gasteiger partial charge in [0.05, 0.1) is 12.6 Å². The van der Waals surface area contributed by atoms with Crippen LogP contribution < -0.4 is 10.8 Å². The molecule has 4 N–H and O–H groups in total. The quantitative estimate of drug-likeness (QED) is 0.283. The van der Waals surface area contributed by atoms with Crippen molar-refractivity contribution in [2.75, 3.05) is 26.3 Å². The fraction of sp³-hybridized carbons (Fsp3) is 0.846. The summed E-state index contributed by atoms with van der Waals surface area (Å²) in [6, 6.07) is -2.13. The third kappa shape index (κ3) is 4.24. The molecule has 0 aromatic carbocycles. The standard InChI is InChI=1S/C13H22N4O8S/c18-6-8-3-9(14-4-8)7-24-15-12(19)11-2-1-10-5-16(11)13(20)17(10)25-26(21,22)23/h8-11,14,18H,1-7H2,(H,15,19)(H,21,22,23)/t8-,9+,10+,11-/m0/s1. The fourth-order valence-electron chi connectivity index (χ4n) is 3.55. The summed E-state index contributed by atoms with van der Waals surface area (Å²) in [6.07, 6.45) is 1.40. The molecular weight excluding hydrogens is 372 g/mol. The fourth-order valence-corrected chi connectivity index (χ4v) is 3.94. The lowest BCUT2D eigenvalue weighted by Crippen LogP contribution is -2.50. The minimum atomic E-state index is -4.82. The Morgan fingerprint density at radius 3 is 2.81 bits per heavy atom. The van der Waals surface area contributed by atoms with Gasteiger partial charge in [0.2, 0.25) is 0 Å².